The molecule has 21 heavy (non-hydrogen) atoms. The summed E-state index contributed by atoms with van der Waals surface area (Å²) in [5.74, 6) is -0.740. The van der Waals surface area contributed by atoms with Crippen LogP contribution in [0, 0.1) is 0 Å². The molecule has 0 amide bonds. The Labute approximate surface area is 136 Å². The van der Waals surface area contributed by atoms with Crippen LogP contribution in [-0.2, 0) is 14.0 Å². The molecular formula is C16H14BrClO3. The fourth-order valence-corrected chi connectivity index (χ4v) is 2.53. The van der Waals surface area contributed by atoms with Crippen LogP contribution in [0.3, 0.4) is 0 Å². The van der Waals surface area contributed by atoms with Gasteiger partial charge in [-0.15, -0.1) is 0 Å². The van der Waals surface area contributed by atoms with Crippen LogP contribution < -0.4 is 0 Å². The zero-order valence-electron chi connectivity index (χ0n) is 11.3. The summed E-state index contributed by atoms with van der Waals surface area (Å²) in [7, 11) is 0. The highest BCUT2D eigenvalue weighted by atomic mass is 79.9. The van der Waals surface area contributed by atoms with E-state index in [0.29, 0.717) is 10.6 Å². The van der Waals surface area contributed by atoms with E-state index in [1.807, 2.05) is 24.3 Å². The standard InChI is InChI=1S/C16H14BrClO3/c1-2-21-15(19)16(17,20)12-9-7-11(8-10-12)13-5-3-4-6-14(13)18/h3-10,20H,2H2,1H3. The normalized spacial score (nSPS) is 13.5. The molecule has 2 rings (SSSR count). The van der Waals surface area contributed by atoms with Crippen LogP contribution in [0.4, 0.5) is 0 Å². The maximum atomic E-state index is 11.7. The first-order valence-electron chi connectivity index (χ1n) is 6.40. The van der Waals surface area contributed by atoms with Crippen molar-refractivity contribution >= 4 is 33.5 Å². The van der Waals surface area contributed by atoms with E-state index >= 15 is 0 Å². The fraction of sp³-hybridized carbons (Fsp3) is 0.188. The zero-order valence-corrected chi connectivity index (χ0v) is 13.7. The SMILES string of the molecule is CCOC(=O)C(O)(Br)c1ccc(-c2ccccc2Cl)cc1. The Morgan fingerprint density at radius 2 is 1.86 bits per heavy atom. The third kappa shape index (κ3) is 3.46. The molecule has 0 radical (unpaired) electrons. The Kier molecular flexibility index (Phi) is 5.04. The van der Waals surface area contributed by atoms with Gasteiger partial charge < -0.3 is 9.84 Å². The second kappa shape index (κ2) is 6.60. The first-order valence-corrected chi connectivity index (χ1v) is 7.58. The molecule has 2 aromatic carbocycles. The maximum Gasteiger partial charge on any atom is 0.354 e. The predicted molar refractivity (Wildman–Crippen MR) is 86.3 cm³/mol. The van der Waals surface area contributed by atoms with E-state index in [4.69, 9.17) is 16.3 Å². The molecule has 1 unspecified atom stereocenters. The Balaban J connectivity index is 2.31. The highest BCUT2D eigenvalue weighted by molar-refractivity contribution is 9.10. The van der Waals surface area contributed by atoms with Gasteiger partial charge in [-0.2, -0.15) is 0 Å². The third-order valence-electron chi connectivity index (χ3n) is 3.00. The van der Waals surface area contributed by atoms with Gasteiger partial charge in [0.2, 0.25) is 4.51 Å². The number of halogens is 2. The summed E-state index contributed by atoms with van der Waals surface area (Å²) in [5, 5.41) is 10.9. The van der Waals surface area contributed by atoms with E-state index in [-0.39, 0.29) is 6.61 Å². The minimum absolute atomic E-state index is 0.199. The molecule has 0 aliphatic heterocycles. The van der Waals surface area contributed by atoms with E-state index in [1.54, 1.807) is 31.2 Å². The molecule has 0 aliphatic carbocycles. The minimum atomic E-state index is -1.85. The van der Waals surface area contributed by atoms with Crippen molar-refractivity contribution in [2.24, 2.45) is 0 Å². The summed E-state index contributed by atoms with van der Waals surface area (Å²) in [6.07, 6.45) is 0. The molecule has 110 valence electrons. The van der Waals surface area contributed by atoms with Crippen LogP contribution in [0.2, 0.25) is 5.02 Å². The van der Waals surface area contributed by atoms with Crippen molar-refractivity contribution in [3.8, 4) is 11.1 Å². The summed E-state index contributed by atoms with van der Waals surface area (Å²) >= 11 is 9.15. The molecule has 0 spiro atoms. The summed E-state index contributed by atoms with van der Waals surface area (Å²) in [6, 6.07) is 14.4. The molecular weight excluding hydrogens is 356 g/mol. The van der Waals surface area contributed by atoms with E-state index in [9.17, 15) is 9.90 Å². The van der Waals surface area contributed by atoms with Crippen LogP contribution in [0.15, 0.2) is 48.5 Å². The summed E-state index contributed by atoms with van der Waals surface area (Å²) < 4.78 is 2.99. The van der Waals surface area contributed by atoms with Crippen molar-refractivity contribution in [1.29, 1.82) is 0 Å². The minimum Gasteiger partial charge on any atom is -0.463 e. The summed E-state index contributed by atoms with van der Waals surface area (Å²) in [5.41, 5.74) is 2.19. The lowest BCUT2D eigenvalue weighted by Gasteiger charge is -2.19. The Morgan fingerprint density at radius 3 is 2.43 bits per heavy atom. The fourth-order valence-electron chi connectivity index (χ4n) is 1.91. The Bertz CT molecular complexity index is 638. The van der Waals surface area contributed by atoms with Gasteiger partial charge in [-0.05, 0) is 34.5 Å². The largest absolute Gasteiger partial charge is 0.463 e. The molecule has 1 atom stereocenters. The molecule has 0 fully saturated rings. The zero-order chi connectivity index (χ0) is 15.5. The monoisotopic (exact) mass is 368 g/mol. The van der Waals surface area contributed by atoms with Crippen molar-refractivity contribution in [2.75, 3.05) is 6.61 Å². The van der Waals surface area contributed by atoms with Gasteiger partial charge in [0.25, 0.3) is 0 Å². The van der Waals surface area contributed by atoms with E-state index in [2.05, 4.69) is 15.9 Å². The summed E-state index contributed by atoms with van der Waals surface area (Å²) in [6.45, 7) is 1.88. The first-order chi connectivity index (χ1) is 9.96. The van der Waals surface area contributed by atoms with E-state index < -0.39 is 10.5 Å². The van der Waals surface area contributed by atoms with Gasteiger partial charge in [0.1, 0.15) is 0 Å². The van der Waals surface area contributed by atoms with Crippen molar-refractivity contribution in [2.45, 2.75) is 11.4 Å². The average Bonchev–Trinajstić information content (AvgIpc) is 2.48. The van der Waals surface area contributed by atoms with Gasteiger partial charge in [0, 0.05) is 16.1 Å². The number of hydrogen-bond acceptors (Lipinski definition) is 3. The molecule has 2 aromatic rings. The van der Waals surface area contributed by atoms with Crippen molar-refractivity contribution in [3.63, 3.8) is 0 Å². The topological polar surface area (TPSA) is 46.5 Å². The number of carbonyl (C=O) groups is 1. The second-order valence-electron chi connectivity index (χ2n) is 4.40. The first kappa shape index (κ1) is 16.0. The van der Waals surface area contributed by atoms with Gasteiger partial charge >= 0.3 is 5.97 Å². The highest BCUT2D eigenvalue weighted by Gasteiger charge is 2.36. The molecule has 5 heteroatoms. The second-order valence-corrected chi connectivity index (χ2v) is 5.95. The van der Waals surface area contributed by atoms with E-state index in [0.717, 1.165) is 11.1 Å². The molecule has 0 aliphatic rings. The molecule has 1 N–H and O–H groups in total. The van der Waals surface area contributed by atoms with Crippen LogP contribution in [0.1, 0.15) is 12.5 Å². The smallest absolute Gasteiger partial charge is 0.354 e. The highest BCUT2D eigenvalue weighted by Crippen LogP contribution is 2.33. The van der Waals surface area contributed by atoms with Gasteiger partial charge in [-0.1, -0.05) is 54.1 Å². The maximum absolute atomic E-state index is 11.7. The third-order valence-corrected chi connectivity index (χ3v) is 4.11. The number of rotatable bonds is 4. The molecule has 0 saturated heterocycles. The van der Waals surface area contributed by atoms with Crippen molar-refractivity contribution in [3.05, 3.63) is 59.1 Å². The van der Waals surface area contributed by atoms with Gasteiger partial charge in [-0.25, -0.2) is 4.79 Å². The predicted octanol–water partition coefficient (Wildman–Crippen LogP) is 4.11. The number of carbonyl (C=O) groups excluding carboxylic acids is 1. The average molecular weight is 370 g/mol. The van der Waals surface area contributed by atoms with Crippen molar-refractivity contribution in [1.82, 2.24) is 0 Å². The lowest BCUT2D eigenvalue weighted by Crippen LogP contribution is -2.30. The number of alkyl halides is 1. The number of aliphatic hydroxyl groups is 1. The van der Waals surface area contributed by atoms with Gasteiger partial charge in [0.15, 0.2) is 0 Å². The number of hydrogen-bond donors (Lipinski definition) is 1. The molecule has 0 bridgehead atoms. The summed E-state index contributed by atoms with van der Waals surface area (Å²) in [4.78, 5) is 11.7. The lowest BCUT2D eigenvalue weighted by molar-refractivity contribution is -0.155. The Morgan fingerprint density at radius 1 is 1.24 bits per heavy atom. The van der Waals surface area contributed by atoms with Gasteiger partial charge in [-0.3, -0.25) is 0 Å². The van der Waals surface area contributed by atoms with Crippen LogP contribution >= 0.6 is 27.5 Å². The number of ether oxygens (including phenoxy) is 1. The van der Waals surface area contributed by atoms with E-state index in [1.165, 1.54) is 0 Å². The number of benzene rings is 2. The number of esters is 1. The Hall–Kier alpha value is -1.36. The van der Waals surface area contributed by atoms with Gasteiger partial charge in [0.05, 0.1) is 6.61 Å². The van der Waals surface area contributed by atoms with Crippen LogP contribution in [0.25, 0.3) is 11.1 Å². The molecule has 0 heterocycles. The molecule has 0 saturated carbocycles. The van der Waals surface area contributed by atoms with Crippen LogP contribution in [-0.4, -0.2) is 17.7 Å². The lowest BCUT2D eigenvalue weighted by atomic mass is 10.0. The van der Waals surface area contributed by atoms with Crippen molar-refractivity contribution < 1.29 is 14.6 Å². The molecule has 3 nitrogen and oxygen atoms in total. The quantitative estimate of drug-likeness (QED) is 0.651. The molecule has 0 aromatic heterocycles. The van der Waals surface area contributed by atoms with Crippen LogP contribution in [0.5, 0.6) is 0 Å².